The highest BCUT2D eigenvalue weighted by atomic mass is 32.2. The summed E-state index contributed by atoms with van der Waals surface area (Å²) >= 11 is 1.35. The third kappa shape index (κ3) is 4.68. The minimum atomic E-state index is -3.74. The van der Waals surface area contributed by atoms with Gasteiger partial charge in [0.2, 0.25) is 15.9 Å². The summed E-state index contributed by atoms with van der Waals surface area (Å²) < 4.78 is 27.2. The Morgan fingerprint density at radius 2 is 1.58 bits per heavy atom. The molecular formula is C22H21N3O4S2. The molecule has 2 amide bonds. The Balaban J connectivity index is 1.42. The molecule has 31 heavy (non-hydrogen) atoms. The smallest absolute Gasteiger partial charge is 0.265 e. The summed E-state index contributed by atoms with van der Waals surface area (Å²) in [5.74, 6) is -0.563. The zero-order chi connectivity index (χ0) is 21.8. The van der Waals surface area contributed by atoms with Crippen LogP contribution < -0.4 is 10.6 Å². The van der Waals surface area contributed by atoms with Crippen molar-refractivity contribution in [2.45, 2.75) is 23.8 Å². The normalized spacial score (nSPS) is 16.7. The Bertz CT molecular complexity index is 1160. The molecule has 1 aliphatic heterocycles. The van der Waals surface area contributed by atoms with E-state index in [0.29, 0.717) is 35.6 Å². The second-order valence-corrected chi connectivity index (χ2v) is 9.92. The van der Waals surface area contributed by atoms with Gasteiger partial charge >= 0.3 is 0 Å². The SMILES string of the molecule is O=C(Nc1ccc(NC(=O)C2CCCN2S(=O)(=O)c2ccccc2)cc1)c1cccs1. The van der Waals surface area contributed by atoms with Crippen LogP contribution in [-0.2, 0) is 14.8 Å². The molecular weight excluding hydrogens is 434 g/mol. The van der Waals surface area contributed by atoms with Crippen molar-refractivity contribution in [3.63, 3.8) is 0 Å². The first kappa shape index (κ1) is 21.2. The molecule has 2 aromatic carbocycles. The monoisotopic (exact) mass is 455 g/mol. The predicted octanol–water partition coefficient (Wildman–Crippen LogP) is 3.79. The average Bonchev–Trinajstić information content (AvgIpc) is 3.48. The first-order valence-electron chi connectivity index (χ1n) is 9.78. The predicted molar refractivity (Wildman–Crippen MR) is 121 cm³/mol. The largest absolute Gasteiger partial charge is 0.325 e. The number of carbonyl (C=O) groups excluding carboxylic acids is 2. The number of hydrogen-bond donors (Lipinski definition) is 2. The second kappa shape index (κ2) is 9.01. The number of amides is 2. The van der Waals surface area contributed by atoms with E-state index in [1.54, 1.807) is 48.5 Å². The number of anilines is 2. The van der Waals surface area contributed by atoms with Gasteiger partial charge in [-0.2, -0.15) is 4.31 Å². The van der Waals surface area contributed by atoms with Crippen molar-refractivity contribution in [3.8, 4) is 0 Å². The molecule has 0 aliphatic carbocycles. The first-order valence-corrected chi connectivity index (χ1v) is 12.1. The molecule has 1 fully saturated rings. The maximum Gasteiger partial charge on any atom is 0.265 e. The number of carbonyl (C=O) groups is 2. The number of hydrogen-bond acceptors (Lipinski definition) is 5. The van der Waals surface area contributed by atoms with Crippen LogP contribution in [0.15, 0.2) is 77.0 Å². The lowest BCUT2D eigenvalue weighted by Gasteiger charge is -2.23. The van der Waals surface area contributed by atoms with Crippen LogP contribution in [0.5, 0.6) is 0 Å². The van der Waals surface area contributed by atoms with Gasteiger partial charge in [0.05, 0.1) is 9.77 Å². The zero-order valence-electron chi connectivity index (χ0n) is 16.5. The number of nitrogens with zero attached hydrogens (tertiary/aromatic N) is 1. The van der Waals surface area contributed by atoms with E-state index in [4.69, 9.17) is 0 Å². The topological polar surface area (TPSA) is 95.6 Å². The quantitative estimate of drug-likeness (QED) is 0.591. The average molecular weight is 456 g/mol. The van der Waals surface area contributed by atoms with Crippen LogP contribution in [-0.4, -0.2) is 37.1 Å². The fourth-order valence-corrected chi connectivity index (χ4v) is 5.78. The van der Waals surface area contributed by atoms with E-state index in [9.17, 15) is 18.0 Å². The second-order valence-electron chi connectivity index (χ2n) is 7.08. The summed E-state index contributed by atoms with van der Waals surface area (Å²) in [6.45, 7) is 0.309. The van der Waals surface area contributed by atoms with E-state index < -0.39 is 16.1 Å². The van der Waals surface area contributed by atoms with Crippen LogP contribution >= 0.6 is 11.3 Å². The van der Waals surface area contributed by atoms with Crippen molar-refractivity contribution < 1.29 is 18.0 Å². The van der Waals surface area contributed by atoms with E-state index in [1.165, 1.54) is 27.8 Å². The van der Waals surface area contributed by atoms with Gasteiger partial charge in [0.15, 0.2) is 0 Å². The molecule has 2 N–H and O–H groups in total. The van der Waals surface area contributed by atoms with Crippen molar-refractivity contribution in [2.75, 3.05) is 17.2 Å². The molecule has 0 radical (unpaired) electrons. The fraction of sp³-hybridized carbons (Fsp3) is 0.182. The summed E-state index contributed by atoms with van der Waals surface area (Å²) in [7, 11) is -3.74. The lowest BCUT2D eigenvalue weighted by Crippen LogP contribution is -2.43. The minimum absolute atomic E-state index is 0.181. The van der Waals surface area contributed by atoms with Crippen LogP contribution in [0.1, 0.15) is 22.5 Å². The Hall–Kier alpha value is -3.01. The molecule has 160 valence electrons. The van der Waals surface area contributed by atoms with Crippen molar-refractivity contribution in [1.82, 2.24) is 4.31 Å². The van der Waals surface area contributed by atoms with Gasteiger partial charge in [0, 0.05) is 17.9 Å². The molecule has 1 aliphatic rings. The molecule has 7 nitrogen and oxygen atoms in total. The molecule has 9 heteroatoms. The van der Waals surface area contributed by atoms with Gasteiger partial charge in [0.1, 0.15) is 6.04 Å². The highest BCUT2D eigenvalue weighted by Crippen LogP contribution is 2.27. The molecule has 1 atom stereocenters. The molecule has 1 aromatic heterocycles. The summed E-state index contributed by atoms with van der Waals surface area (Å²) in [6, 6.07) is 17.7. The van der Waals surface area contributed by atoms with E-state index in [2.05, 4.69) is 10.6 Å². The standard InChI is InChI=1S/C22H21N3O4S2/c26-21(19-8-4-14-25(19)31(28,29)18-6-2-1-3-7-18)23-16-10-12-17(13-11-16)24-22(27)20-9-5-15-30-20/h1-3,5-7,9-13,15,19H,4,8,14H2,(H,23,26)(H,24,27). The van der Waals surface area contributed by atoms with Crippen LogP contribution in [0.4, 0.5) is 11.4 Å². The van der Waals surface area contributed by atoms with Gasteiger partial charge < -0.3 is 10.6 Å². The van der Waals surface area contributed by atoms with Gasteiger partial charge in [-0.3, -0.25) is 9.59 Å². The van der Waals surface area contributed by atoms with Crippen LogP contribution in [0.25, 0.3) is 0 Å². The minimum Gasteiger partial charge on any atom is -0.325 e. The molecule has 0 bridgehead atoms. The Morgan fingerprint density at radius 1 is 0.903 bits per heavy atom. The highest BCUT2D eigenvalue weighted by Gasteiger charge is 2.39. The Morgan fingerprint density at radius 3 is 2.23 bits per heavy atom. The van der Waals surface area contributed by atoms with E-state index in [1.807, 2.05) is 11.4 Å². The molecule has 1 unspecified atom stereocenters. The van der Waals surface area contributed by atoms with Gasteiger partial charge in [-0.25, -0.2) is 8.42 Å². The van der Waals surface area contributed by atoms with Gasteiger partial charge in [-0.15, -0.1) is 11.3 Å². The third-order valence-corrected chi connectivity index (χ3v) is 7.80. The molecule has 3 aromatic rings. The number of benzene rings is 2. The zero-order valence-corrected chi connectivity index (χ0v) is 18.2. The van der Waals surface area contributed by atoms with E-state index in [0.717, 1.165) is 0 Å². The first-order chi connectivity index (χ1) is 14.9. The Labute approximate surface area is 184 Å². The Kier molecular flexibility index (Phi) is 6.17. The molecule has 2 heterocycles. The number of rotatable bonds is 6. The van der Waals surface area contributed by atoms with Gasteiger partial charge in [-0.1, -0.05) is 24.3 Å². The molecule has 4 rings (SSSR count). The van der Waals surface area contributed by atoms with Crippen molar-refractivity contribution in [1.29, 1.82) is 0 Å². The van der Waals surface area contributed by atoms with Crippen LogP contribution in [0.3, 0.4) is 0 Å². The highest BCUT2D eigenvalue weighted by molar-refractivity contribution is 7.89. The van der Waals surface area contributed by atoms with Crippen molar-refractivity contribution in [2.24, 2.45) is 0 Å². The molecule has 0 saturated carbocycles. The maximum atomic E-state index is 13.0. The fourth-order valence-electron chi connectivity index (χ4n) is 3.48. The summed E-state index contributed by atoms with van der Waals surface area (Å²) in [5, 5.41) is 7.42. The van der Waals surface area contributed by atoms with Crippen molar-refractivity contribution >= 4 is 44.5 Å². The summed E-state index contributed by atoms with van der Waals surface area (Å²) in [5.41, 5.74) is 1.13. The van der Waals surface area contributed by atoms with Crippen molar-refractivity contribution in [3.05, 3.63) is 77.0 Å². The maximum absolute atomic E-state index is 13.0. The lowest BCUT2D eigenvalue weighted by molar-refractivity contribution is -0.119. The lowest BCUT2D eigenvalue weighted by atomic mass is 10.2. The van der Waals surface area contributed by atoms with Crippen LogP contribution in [0, 0.1) is 0 Å². The summed E-state index contributed by atoms with van der Waals surface area (Å²) in [4.78, 5) is 25.8. The molecule has 1 saturated heterocycles. The number of nitrogens with one attached hydrogen (secondary N) is 2. The number of thiophene rings is 1. The summed E-state index contributed by atoms with van der Waals surface area (Å²) in [6.07, 6.45) is 1.09. The molecule has 0 spiro atoms. The van der Waals surface area contributed by atoms with E-state index >= 15 is 0 Å². The van der Waals surface area contributed by atoms with Crippen LogP contribution in [0.2, 0.25) is 0 Å². The van der Waals surface area contributed by atoms with Gasteiger partial charge in [-0.05, 0) is 60.7 Å². The van der Waals surface area contributed by atoms with Gasteiger partial charge in [0.25, 0.3) is 5.91 Å². The third-order valence-electron chi connectivity index (χ3n) is 5.01. The number of sulfonamides is 1. The van der Waals surface area contributed by atoms with E-state index in [-0.39, 0.29) is 16.7 Å².